The smallest absolute Gasteiger partial charge is 0.252 e. The highest BCUT2D eigenvalue weighted by Crippen LogP contribution is 2.28. The van der Waals surface area contributed by atoms with Gasteiger partial charge in [-0.2, -0.15) is 4.31 Å². The molecule has 6 nitrogen and oxygen atoms in total. The minimum absolute atomic E-state index is 0.214. The van der Waals surface area contributed by atoms with E-state index < -0.39 is 10.0 Å². The van der Waals surface area contributed by atoms with Crippen molar-refractivity contribution in [1.29, 1.82) is 0 Å². The van der Waals surface area contributed by atoms with Crippen LogP contribution in [0.4, 0.5) is 0 Å². The minimum atomic E-state index is -3.50. The summed E-state index contributed by atoms with van der Waals surface area (Å²) in [5, 5.41) is 3.41. The van der Waals surface area contributed by atoms with Gasteiger partial charge in [0.2, 0.25) is 0 Å². The third-order valence-corrected chi connectivity index (χ3v) is 10.0. The fourth-order valence-electron chi connectivity index (χ4n) is 4.48. The number of thiophene rings is 1. The monoisotopic (exact) mass is 495 g/mol. The van der Waals surface area contributed by atoms with Gasteiger partial charge in [0.25, 0.3) is 15.9 Å². The summed E-state index contributed by atoms with van der Waals surface area (Å²) in [4.78, 5) is 15.5. The molecule has 1 saturated carbocycles. The second kappa shape index (κ2) is 10.7. The topological polar surface area (TPSA) is 69.7 Å². The first-order valence-electron chi connectivity index (χ1n) is 11.3. The largest absolute Gasteiger partial charge is 0.347 e. The lowest BCUT2D eigenvalue weighted by Crippen LogP contribution is -2.49. The Morgan fingerprint density at radius 2 is 1.69 bits per heavy atom. The van der Waals surface area contributed by atoms with Crippen LogP contribution in [0, 0.1) is 5.92 Å². The number of nitrogens with zero attached hydrogens (tertiary/aromatic N) is 2. The SMILES string of the molecule is O=C(NCc1ccc(S(=O)(=O)N2CCN(CC3CCCCC3)CC2)s1)c1ccc(Cl)cc1. The third kappa shape index (κ3) is 5.91. The van der Waals surface area contributed by atoms with Crippen molar-refractivity contribution in [2.75, 3.05) is 32.7 Å². The maximum Gasteiger partial charge on any atom is 0.252 e. The fraction of sp³-hybridized carbons (Fsp3) is 0.522. The molecule has 1 aromatic carbocycles. The van der Waals surface area contributed by atoms with Crippen molar-refractivity contribution < 1.29 is 13.2 Å². The summed E-state index contributed by atoms with van der Waals surface area (Å²) in [6.45, 7) is 4.06. The van der Waals surface area contributed by atoms with Crippen LogP contribution in [-0.4, -0.2) is 56.3 Å². The second-order valence-corrected chi connectivity index (χ2v) is 12.4. The van der Waals surface area contributed by atoms with Gasteiger partial charge in [0.1, 0.15) is 4.21 Å². The molecule has 32 heavy (non-hydrogen) atoms. The summed E-state index contributed by atoms with van der Waals surface area (Å²) in [5.74, 6) is 0.559. The maximum atomic E-state index is 13.1. The van der Waals surface area contributed by atoms with Crippen molar-refractivity contribution in [1.82, 2.24) is 14.5 Å². The minimum Gasteiger partial charge on any atom is -0.347 e. The Hall–Kier alpha value is -1.45. The van der Waals surface area contributed by atoms with Gasteiger partial charge in [0, 0.05) is 48.2 Å². The van der Waals surface area contributed by atoms with E-state index in [-0.39, 0.29) is 12.5 Å². The Balaban J connectivity index is 1.29. The predicted molar refractivity (Wildman–Crippen MR) is 129 cm³/mol. The predicted octanol–water partition coefficient (Wildman–Crippen LogP) is 4.22. The van der Waals surface area contributed by atoms with Crippen LogP contribution < -0.4 is 5.32 Å². The number of hydrogen-bond acceptors (Lipinski definition) is 5. The van der Waals surface area contributed by atoms with Gasteiger partial charge in [-0.1, -0.05) is 30.9 Å². The van der Waals surface area contributed by atoms with Gasteiger partial charge in [-0.15, -0.1) is 11.3 Å². The van der Waals surface area contributed by atoms with E-state index in [0.717, 1.165) is 30.4 Å². The fourth-order valence-corrected chi connectivity index (χ4v) is 7.48. The molecule has 0 spiro atoms. The molecule has 1 amide bonds. The van der Waals surface area contributed by atoms with Gasteiger partial charge in [0.15, 0.2) is 0 Å². The van der Waals surface area contributed by atoms with Crippen LogP contribution in [0.5, 0.6) is 0 Å². The molecule has 4 rings (SSSR count). The summed E-state index contributed by atoms with van der Waals surface area (Å²) >= 11 is 7.08. The van der Waals surface area contributed by atoms with E-state index >= 15 is 0 Å². The summed E-state index contributed by atoms with van der Waals surface area (Å²) in [6, 6.07) is 10.1. The molecule has 0 unspecified atom stereocenters. The van der Waals surface area contributed by atoms with Crippen LogP contribution in [0.3, 0.4) is 0 Å². The van der Waals surface area contributed by atoms with E-state index in [1.807, 2.05) is 0 Å². The quantitative estimate of drug-likeness (QED) is 0.624. The van der Waals surface area contributed by atoms with Crippen LogP contribution >= 0.6 is 22.9 Å². The second-order valence-electron chi connectivity index (χ2n) is 8.62. The van der Waals surface area contributed by atoms with Crippen molar-refractivity contribution in [3.8, 4) is 0 Å². The van der Waals surface area contributed by atoms with Gasteiger partial charge in [-0.25, -0.2) is 8.42 Å². The number of halogens is 1. The summed E-state index contributed by atoms with van der Waals surface area (Å²) in [6.07, 6.45) is 6.64. The number of amides is 1. The van der Waals surface area contributed by atoms with Crippen molar-refractivity contribution >= 4 is 38.9 Å². The molecule has 0 bridgehead atoms. The molecule has 1 aliphatic heterocycles. The Bertz CT molecular complexity index is 1010. The first-order chi connectivity index (χ1) is 15.4. The number of carbonyl (C=O) groups is 1. The molecule has 2 aliphatic rings. The van der Waals surface area contributed by atoms with Gasteiger partial charge < -0.3 is 10.2 Å². The number of carbonyl (C=O) groups excluding carboxylic acids is 1. The van der Waals surface area contributed by atoms with Crippen molar-refractivity contribution in [2.45, 2.75) is 42.9 Å². The molecule has 2 heterocycles. The van der Waals surface area contributed by atoms with Gasteiger partial charge in [-0.05, 0) is 55.2 Å². The Morgan fingerprint density at radius 3 is 2.38 bits per heavy atom. The summed E-state index contributed by atoms with van der Waals surface area (Å²) in [5.41, 5.74) is 0.518. The highest BCUT2D eigenvalue weighted by molar-refractivity contribution is 7.91. The Kier molecular flexibility index (Phi) is 7.89. The number of rotatable bonds is 7. The molecule has 2 aromatic rings. The van der Waals surface area contributed by atoms with Gasteiger partial charge >= 0.3 is 0 Å². The third-order valence-electron chi connectivity index (χ3n) is 6.33. The first kappa shape index (κ1) is 23.7. The number of hydrogen-bond donors (Lipinski definition) is 1. The summed E-state index contributed by atoms with van der Waals surface area (Å²) in [7, 11) is -3.50. The average molecular weight is 496 g/mol. The van der Waals surface area contributed by atoms with Gasteiger partial charge in [0.05, 0.1) is 6.54 Å². The molecular weight excluding hydrogens is 466 g/mol. The standard InChI is InChI=1S/C23H30ClN3O3S2/c24-20-8-6-19(7-9-20)23(28)25-16-21-10-11-22(31-21)32(29,30)27-14-12-26(13-15-27)17-18-4-2-1-3-5-18/h6-11,18H,1-5,12-17H2,(H,25,28). The summed E-state index contributed by atoms with van der Waals surface area (Å²) < 4.78 is 28.2. The van der Waals surface area contributed by atoms with Crippen LogP contribution in [-0.2, 0) is 16.6 Å². The Morgan fingerprint density at radius 1 is 1.00 bits per heavy atom. The number of benzene rings is 1. The normalized spacial score (nSPS) is 19.2. The van der Waals surface area contributed by atoms with Gasteiger partial charge in [-0.3, -0.25) is 4.79 Å². The lowest BCUT2D eigenvalue weighted by molar-refractivity contribution is 0.0951. The molecule has 2 fully saturated rings. The molecule has 9 heteroatoms. The lowest BCUT2D eigenvalue weighted by Gasteiger charge is -2.36. The number of piperazine rings is 1. The molecule has 1 saturated heterocycles. The van der Waals surface area contributed by atoms with Crippen LogP contribution in [0.2, 0.25) is 5.02 Å². The van der Waals surface area contributed by atoms with Crippen molar-refractivity contribution in [2.24, 2.45) is 5.92 Å². The zero-order chi connectivity index (χ0) is 22.6. The molecule has 0 atom stereocenters. The first-order valence-corrected chi connectivity index (χ1v) is 13.9. The molecule has 1 N–H and O–H groups in total. The van der Waals surface area contributed by atoms with E-state index in [0.29, 0.717) is 27.9 Å². The van der Waals surface area contributed by atoms with Crippen LogP contribution in [0.15, 0.2) is 40.6 Å². The van der Waals surface area contributed by atoms with Crippen LogP contribution in [0.25, 0.3) is 0 Å². The molecule has 174 valence electrons. The van der Waals surface area contributed by atoms with E-state index in [1.165, 1.54) is 43.4 Å². The van der Waals surface area contributed by atoms with Crippen LogP contribution in [0.1, 0.15) is 47.3 Å². The van der Waals surface area contributed by atoms with E-state index in [4.69, 9.17) is 11.6 Å². The molecular formula is C23H30ClN3O3S2. The molecule has 0 radical (unpaired) electrons. The van der Waals surface area contributed by atoms with E-state index in [2.05, 4.69) is 10.2 Å². The van der Waals surface area contributed by atoms with Crippen molar-refractivity contribution in [3.63, 3.8) is 0 Å². The highest BCUT2D eigenvalue weighted by Gasteiger charge is 2.30. The van der Waals surface area contributed by atoms with E-state index in [9.17, 15) is 13.2 Å². The average Bonchev–Trinajstić information content (AvgIpc) is 3.29. The zero-order valence-corrected chi connectivity index (χ0v) is 20.5. The maximum absolute atomic E-state index is 13.1. The zero-order valence-electron chi connectivity index (χ0n) is 18.1. The molecule has 1 aliphatic carbocycles. The van der Waals surface area contributed by atoms with Crippen molar-refractivity contribution in [3.05, 3.63) is 51.9 Å². The number of sulfonamides is 1. The molecule has 1 aromatic heterocycles. The Labute approximate surface area is 199 Å². The lowest BCUT2D eigenvalue weighted by atomic mass is 9.89. The highest BCUT2D eigenvalue weighted by atomic mass is 35.5. The number of nitrogens with one attached hydrogen (secondary N) is 1. The van der Waals surface area contributed by atoms with E-state index in [1.54, 1.807) is 40.7 Å².